The largest absolute Gasteiger partial charge is 0.354 e. The molecule has 1 aromatic heterocycles. The van der Waals surface area contributed by atoms with Gasteiger partial charge in [-0.2, -0.15) is 0 Å². The predicted molar refractivity (Wildman–Crippen MR) is 76.9 cm³/mol. The van der Waals surface area contributed by atoms with Gasteiger partial charge in [0, 0.05) is 37.7 Å². The zero-order chi connectivity index (χ0) is 10.7. The molecule has 0 amide bonds. The third-order valence-corrected chi connectivity index (χ3v) is 3.44. The molecule has 90 valence electrons. The lowest BCUT2D eigenvalue weighted by molar-refractivity contribution is 0.312. The summed E-state index contributed by atoms with van der Waals surface area (Å²) < 4.78 is 0. The molecule has 0 spiro atoms. The van der Waals surface area contributed by atoms with Crippen molar-refractivity contribution >= 4 is 38.7 Å². The van der Waals surface area contributed by atoms with Gasteiger partial charge in [-0.25, -0.2) is 4.98 Å². The van der Waals surface area contributed by atoms with Crippen molar-refractivity contribution in [3.05, 3.63) is 23.9 Å². The number of likely N-dealkylation sites (N-methyl/N-ethyl adjacent to an activating group) is 1. The van der Waals surface area contributed by atoms with Crippen LogP contribution in [0.15, 0.2) is 18.3 Å². The average Bonchev–Trinajstić information content (AvgIpc) is 2.30. The molecule has 0 aliphatic carbocycles. The Labute approximate surface area is 116 Å². The minimum atomic E-state index is 0. The maximum atomic E-state index is 4.48. The van der Waals surface area contributed by atoms with Crippen molar-refractivity contribution in [2.75, 3.05) is 38.1 Å². The first-order chi connectivity index (χ1) is 7.29. The van der Waals surface area contributed by atoms with E-state index >= 15 is 0 Å². The maximum absolute atomic E-state index is 4.48. The van der Waals surface area contributed by atoms with Crippen LogP contribution in [0, 0.1) is 0 Å². The summed E-state index contributed by atoms with van der Waals surface area (Å²) in [6, 6.07) is 4.25. The highest BCUT2D eigenvalue weighted by molar-refractivity contribution is 9.08. The highest BCUT2D eigenvalue weighted by Gasteiger charge is 2.14. The second-order valence-electron chi connectivity index (χ2n) is 3.95. The van der Waals surface area contributed by atoms with Crippen LogP contribution in [0.4, 0.5) is 5.82 Å². The second kappa shape index (κ2) is 6.57. The Hall–Kier alpha value is -0.130. The SMILES string of the molecule is Br.CN1CCN(c2ccc(CBr)cn2)CC1. The van der Waals surface area contributed by atoms with Crippen LogP contribution in [0.25, 0.3) is 0 Å². The van der Waals surface area contributed by atoms with Gasteiger partial charge in [-0.05, 0) is 18.7 Å². The molecule has 0 radical (unpaired) electrons. The van der Waals surface area contributed by atoms with E-state index in [4.69, 9.17) is 0 Å². The zero-order valence-corrected chi connectivity index (χ0v) is 12.7. The van der Waals surface area contributed by atoms with E-state index in [9.17, 15) is 0 Å². The fourth-order valence-electron chi connectivity index (χ4n) is 1.72. The molecule has 3 nitrogen and oxygen atoms in total. The number of nitrogens with zero attached hydrogens (tertiary/aromatic N) is 3. The highest BCUT2D eigenvalue weighted by atomic mass is 79.9. The van der Waals surface area contributed by atoms with E-state index < -0.39 is 0 Å². The molecule has 2 rings (SSSR count). The van der Waals surface area contributed by atoms with Gasteiger partial charge in [0.2, 0.25) is 0 Å². The number of pyridine rings is 1. The molecule has 1 aliphatic rings. The van der Waals surface area contributed by atoms with Gasteiger partial charge in [-0.15, -0.1) is 17.0 Å². The van der Waals surface area contributed by atoms with Gasteiger partial charge in [-0.3, -0.25) is 0 Å². The van der Waals surface area contributed by atoms with E-state index in [0.29, 0.717) is 0 Å². The first kappa shape index (κ1) is 13.9. The molecule has 0 atom stereocenters. The van der Waals surface area contributed by atoms with Crippen molar-refractivity contribution < 1.29 is 0 Å². The molecule has 1 aliphatic heterocycles. The second-order valence-corrected chi connectivity index (χ2v) is 4.51. The number of aromatic nitrogens is 1. The third-order valence-electron chi connectivity index (χ3n) is 2.79. The standard InChI is InChI=1S/C11H16BrN3.BrH/c1-14-4-6-15(7-5-14)11-3-2-10(8-12)9-13-11;/h2-3,9H,4-8H2,1H3;1H. The molecular weight excluding hydrogens is 334 g/mol. The number of anilines is 1. The van der Waals surface area contributed by atoms with Crippen molar-refractivity contribution in [2.45, 2.75) is 5.33 Å². The Morgan fingerprint density at radius 2 is 1.94 bits per heavy atom. The smallest absolute Gasteiger partial charge is 0.128 e. The van der Waals surface area contributed by atoms with E-state index in [1.54, 1.807) is 0 Å². The molecule has 1 saturated heterocycles. The molecule has 0 bridgehead atoms. The van der Waals surface area contributed by atoms with Crippen molar-refractivity contribution in [3.63, 3.8) is 0 Å². The molecule has 0 saturated carbocycles. The number of hydrogen-bond acceptors (Lipinski definition) is 3. The number of halogens is 2. The van der Waals surface area contributed by atoms with Crippen LogP contribution < -0.4 is 4.90 Å². The molecule has 0 N–H and O–H groups in total. The Morgan fingerprint density at radius 3 is 2.44 bits per heavy atom. The van der Waals surface area contributed by atoms with Crippen LogP contribution in [-0.4, -0.2) is 43.1 Å². The van der Waals surface area contributed by atoms with E-state index in [0.717, 1.165) is 37.3 Å². The summed E-state index contributed by atoms with van der Waals surface area (Å²) in [5.74, 6) is 1.10. The molecule has 5 heteroatoms. The number of alkyl halides is 1. The molecule has 1 fully saturated rings. The summed E-state index contributed by atoms with van der Waals surface area (Å²) in [7, 11) is 2.17. The molecule has 16 heavy (non-hydrogen) atoms. The Bertz CT molecular complexity index is 308. The molecule has 0 aromatic carbocycles. The van der Waals surface area contributed by atoms with Gasteiger partial charge < -0.3 is 9.80 Å². The monoisotopic (exact) mass is 349 g/mol. The lowest BCUT2D eigenvalue weighted by Crippen LogP contribution is -2.44. The Kier molecular flexibility index (Phi) is 5.72. The van der Waals surface area contributed by atoms with Gasteiger partial charge >= 0.3 is 0 Å². The van der Waals surface area contributed by atoms with Gasteiger partial charge in [0.1, 0.15) is 5.82 Å². The molecular formula is C11H17Br2N3. The Balaban J connectivity index is 0.00000128. The molecule has 0 unspecified atom stereocenters. The summed E-state index contributed by atoms with van der Waals surface area (Å²) in [5, 5.41) is 0.878. The van der Waals surface area contributed by atoms with Crippen LogP contribution in [0.1, 0.15) is 5.56 Å². The molecule has 1 aromatic rings. The summed E-state index contributed by atoms with van der Waals surface area (Å²) in [4.78, 5) is 9.17. The van der Waals surface area contributed by atoms with Gasteiger partial charge in [-0.1, -0.05) is 22.0 Å². The fourth-order valence-corrected chi connectivity index (χ4v) is 2.05. The van der Waals surface area contributed by atoms with Crippen LogP contribution >= 0.6 is 32.9 Å². The zero-order valence-electron chi connectivity index (χ0n) is 9.40. The van der Waals surface area contributed by atoms with Crippen LogP contribution in [0.2, 0.25) is 0 Å². The Morgan fingerprint density at radius 1 is 1.25 bits per heavy atom. The summed E-state index contributed by atoms with van der Waals surface area (Å²) in [6.45, 7) is 4.41. The molecule has 2 heterocycles. The van der Waals surface area contributed by atoms with Crippen molar-refractivity contribution in [1.29, 1.82) is 0 Å². The number of rotatable bonds is 2. The normalized spacial score (nSPS) is 17.0. The van der Waals surface area contributed by atoms with Gasteiger partial charge in [0.05, 0.1) is 0 Å². The third kappa shape index (κ3) is 3.43. The van der Waals surface area contributed by atoms with Crippen molar-refractivity contribution in [1.82, 2.24) is 9.88 Å². The highest BCUT2D eigenvalue weighted by Crippen LogP contribution is 2.14. The van der Waals surface area contributed by atoms with E-state index in [1.807, 2.05) is 6.20 Å². The first-order valence-electron chi connectivity index (χ1n) is 5.24. The minimum absolute atomic E-state index is 0. The van der Waals surface area contributed by atoms with E-state index in [2.05, 4.69) is 49.9 Å². The maximum Gasteiger partial charge on any atom is 0.128 e. The van der Waals surface area contributed by atoms with Crippen LogP contribution in [0.5, 0.6) is 0 Å². The van der Waals surface area contributed by atoms with Gasteiger partial charge in [0.25, 0.3) is 0 Å². The number of hydrogen-bond donors (Lipinski definition) is 0. The van der Waals surface area contributed by atoms with Crippen molar-refractivity contribution in [2.24, 2.45) is 0 Å². The van der Waals surface area contributed by atoms with Crippen LogP contribution in [-0.2, 0) is 5.33 Å². The summed E-state index contributed by atoms with van der Waals surface area (Å²) >= 11 is 3.43. The topological polar surface area (TPSA) is 19.4 Å². The number of piperazine rings is 1. The average molecular weight is 351 g/mol. The van der Waals surface area contributed by atoms with Crippen molar-refractivity contribution in [3.8, 4) is 0 Å². The quantitative estimate of drug-likeness (QED) is 0.763. The lowest BCUT2D eigenvalue weighted by atomic mass is 10.3. The predicted octanol–water partition coefficient (Wildman–Crippen LogP) is 2.31. The van der Waals surface area contributed by atoms with E-state index in [1.165, 1.54) is 5.56 Å². The summed E-state index contributed by atoms with van der Waals surface area (Å²) in [5.41, 5.74) is 1.23. The van der Waals surface area contributed by atoms with Crippen LogP contribution in [0.3, 0.4) is 0 Å². The van der Waals surface area contributed by atoms with Gasteiger partial charge in [0.15, 0.2) is 0 Å². The minimum Gasteiger partial charge on any atom is -0.354 e. The van der Waals surface area contributed by atoms with E-state index in [-0.39, 0.29) is 17.0 Å². The lowest BCUT2D eigenvalue weighted by Gasteiger charge is -2.33. The summed E-state index contributed by atoms with van der Waals surface area (Å²) in [6.07, 6.45) is 1.95. The fraction of sp³-hybridized carbons (Fsp3) is 0.545. The first-order valence-corrected chi connectivity index (χ1v) is 6.36.